The zero-order valence-corrected chi connectivity index (χ0v) is 21.0. The molecule has 1 N–H and O–H groups in total. The summed E-state index contributed by atoms with van der Waals surface area (Å²) in [4.78, 5) is 14.6. The number of hydrogen-bond donors (Lipinski definition) is 1. The minimum atomic E-state index is 0.359. The smallest absolute Gasteiger partial charge is 0.225 e. The molecule has 3 aliphatic rings. The average molecular weight is 452 g/mol. The Labute approximate surface area is 201 Å². The lowest BCUT2D eigenvalue weighted by Crippen LogP contribution is -2.47. The van der Waals surface area contributed by atoms with Crippen LogP contribution in [0.3, 0.4) is 0 Å². The van der Waals surface area contributed by atoms with E-state index in [9.17, 15) is 0 Å². The Morgan fingerprint density at radius 2 is 1.88 bits per heavy atom. The van der Waals surface area contributed by atoms with E-state index in [-0.39, 0.29) is 0 Å². The number of rotatable bonds is 8. The van der Waals surface area contributed by atoms with Crippen LogP contribution in [0.2, 0.25) is 0 Å². The molecule has 0 saturated carbocycles. The summed E-state index contributed by atoms with van der Waals surface area (Å²) in [6, 6.07) is 2.08. The second-order valence-corrected chi connectivity index (χ2v) is 10.7. The molecule has 3 heterocycles. The molecular weight excluding hydrogens is 406 g/mol. The highest BCUT2D eigenvalue weighted by atomic mass is 15.3. The van der Waals surface area contributed by atoms with Crippen LogP contribution in [0.4, 0.5) is 11.8 Å². The van der Waals surface area contributed by atoms with Gasteiger partial charge >= 0.3 is 0 Å². The van der Waals surface area contributed by atoms with Gasteiger partial charge in [0.2, 0.25) is 5.95 Å². The van der Waals surface area contributed by atoms with Crippen molar-refractivity contribution in [2.24, 2.45) is 11.8 Å². The zero-order chi connectivity index (χ0) is 22.9. The van der Waals surface area contributed by atoms with Crippen LogP contribution in [0.25, 0.3) is 0 Å². The number of piperidine rings is 1. The molecule has 4 rings (SSSR count). The number of likely N-dealkylation sites (tertiary alicyclic amines) is 1. The van der Waals surface area contributed by atoms with Crippen molar-refractivity contribution < 1.29 is 0 Å². The first-order valence-corrected chi connectivity index (χ1v) is 13.6. The van der Waals surface area contributed by atoms with Gasteiger partial charge in [-0.15, -0.1) is 0 Å². The summed E-state index contributed by atoms with van der Waals surface area (Å²) in [6.07, 6.45) is 23.5. The van der Waals surface area contributed by atoms with Gasteiger partial charge in [0, 0.05) is 32.4 Å². The molecule has 1 aromatic heterocycles. The summed E-state index contributed by atoms with van der Waals surface area (Å²) >= 11 is 0. The van der Waals surface area contributed by atoms with Crippen LogP contribution in [-0.2, 0) is 0 Å². The molecule has 0 amide bonds. The fourth-order valence-corrected chi connectivity index (χ4v) is 5.53. The van der Waals surface area contributed by atoms with Crippen molar-refractivity contribution in [2.45, 2.75) is 90.6 Å². The largest absolute Gasteiger partial charge is 0.356 e. The van der Waals surface area contributed by atoms with E-state index in [4.69, 9.17) is 4.98 Å². The predicted octanol–water partition coefficient (Wildman–Crippen LogP) is 6.41. The van der Waals surface area contributed by atoms with Crippen LogP contribution in [0.1, 0.15) is 84.5 Å². The maximum absolute atomic E-state index is 4.93. The van der Waals surface area contributed by atoms with Gasteiger partial charge in [0.15, 0.2) is 0 Å². The highest BCUT2D eigenvalue weighted by molar-refractivity contribution is 5.43. The normalized spacial score (nSPS) is 25.3. The van der Waals surface area contributed by atoms with Crippen LogP contribution in [0, 0.1) is 11.8 Å². The van der Waals surface area contributed by atoms with Gasteiger partial charge in [-0.05, 0) is 75.7 Å². The van der Waals surface area contributed by atoms with Gasteiger partial charge in [-0.2, -0.15) is 4.98 Å². The lowest BCUT2D eigenvalue weighted by atomic mass is 9.87. The fraction of sp³-hybridized carbons (Fsp3) is 0.714. The topological polar surface area (TPSA) is 44.3 Å². The monoisotopic (exact) mass is 451 g/mol. The molecule has 1 aromatic rings. The van der Waals surface area contributed by atoms with Gasteiger partial charge in [-0.1, -0.05) is 50.5 Å². The van der Waals surface area contributed by atoms with E-state index in [1.54, 1.807) is 5.57 Å². The number of aromatic nitrogens is 2. The van der Waals surface area contributed by atoms with Crippen molar-refractivity contribution in [3.63, 3.8) is 0 Å². The standard InChI is InChI=1S/C28H45N5/c1-23(2)10-9-11-24-13-15-25(16-14-24)22-33-21-8-5-12-26(33)30-28-29-18-17-27(31-28)32-19-6-3-4-7-20-32/h9-10,13,17-18,23,25-26H,3-8,11-12,14-16,19-22H2,1-2H3,(H,29,30,31)/b10-9+. The van der Waals surface area contributed by atoms with Gasteiger partial charge in [0.1, 0.15) is 5.82 Å². The molecule has 5 nitrogen and oxygen atoms in total. The Hall–Kier alpha value is -1.88. The van der Waals surface area contributed by atoms with Gasteiger partial charge in [-0.3, -0.25) is 4.90 Å². The number of hydrogen-bond acceptors (Lipinski definition) is 5. The molecule has 2 unspecified atom stereocenters. The van der Waals surface area contributed by atoms with Crippen LogP contribution < -0.4 is 10.2 Å². The van der Waals surface area contributed by atoms with E-state index in [1.165, 1.54) is 77.3 Å². The Morgan fingerprint density at radius 3 is 2.64 bits per heavy atom. The molecule has 0 aromatic carbocycles. The summed E-state index contributed by atoms with van der Waals surface area (Å²) in [6.45, 7) is 9.12. The third-order valence-electron chi connectivity index (χ3n) is 7.49. The first-order chi connectivity index (χ1) is 16.2. The Kier molecular flexibility index (Phi) is 9.22. The molecule has 2 aliphatic heterocycles. The second kappa shape index (κ2) is 12.5. The molecule has 0 bridgehead atoms. The third kappa shape index (κ3) is 7.56. The maximum Gasteiger partial charge on any atom is 0.225 e. The van der Waals surface area contributed by atoms with Gasteiger partial charge in [0.05, 0.1) is 6.17 Å². The summed E-state index contributed by atoms with van der Waals surface area (Å²) in [5.41, 5.74) is 1.63. The molecule has 1 aliphatic carbocycles. The summed E-state index contributed by atoms with van der Waals surface area (Å²) in [5, 5.41) is 3.72. The average Bonchev–Trinajstić information content (AvgIpc) is 3.11. The van der Waals surface area contributed by atoms with E-state index in [1.807, 2.05) is 6.20 Å². The molecule has 2 atom stereocenters. The third-order valence-corrected chi connectivity index (χ3v) is 7.49. The van der Waals surface area contributed by atoms with Crippen molar-refractivity contribution in [2.75, 3.05) is 36.4 Å². The van der Waals surface area contributed by atoms with Crippen molar-refractivity contribution in [3.8, 4) is 0 Å². The van der Waals surface area contributed by atoms with E-state index in [0.717, 1.165) is 37.2 Å². The van der Waals surface area contributed by atoms with Crippen molar-refractivity contribution in [1.29, 1.82) is 0 Å². The molecule has 182 valence electrons. The Bertz CT molecular complexity index is 778. The highest BCUT2D eigenvalue weighted by Crippen LogP contribution is 2.29. The number of allylic oxidation sites excluding steroid dienone is 4. The molecule has 2 saturated heterocycles. The Balaban J connectivity index is 1.32. The lowest BCUT2D eigenvalue weighted by Gasteiger charge is -2.39. The Morgan fingerprint density at radius 1 is 1.06 bits per heavy atom. The van der Waals surface area contributed by atoms with Crippen LogP contribution >= 0.6 is 0 Å². The van der Waals surface area contributed by atoms with E-state index in [0.29, 0.717) is 12.1 Å². The van der Waals surface area contributed by atoms with E-state index >= 15 is 0 Å². The van der Waals surface area contributed by atoms with Crippen LogP contribution in [0.5, 0.6) is 0 Å². The number of nitrogens with zero attached hydrogens (tertiary/aromatic N) is 4. The predicted molar refractivity (Wildman–Crippen MR) is 140 cm³/mol. The zero-order valence-electron chi connectivity index (χ0n) is 21.0. The molecule has 2 fully saturated rings. The number of nitrogens with one attached hydrogen (secondary N) is 1. The lowest BCUT2D eigenvalue weighted by molar-refractivity contribution is 0.137. The highest BCUT2D eigenvalue weighted by Gasteiger charge is 2.26. The van der Waals surface area contributed by atoms with E-state index < -0.39 is 0 Å². The van der Waals surface area contributed by atoms with Crippen molar-refractivity contribution in [1.82, 2.24) is 14.9 Å². The molecule has 33 heavy (non-hydrogen) atoms. The SMILES string of the molecule is CC(C)/C=C/CC1=CCC(CN2CCCCC2Nc2nccc(N3CCCCCC3)n2)CC1. The van der Waals surface area contributed by atoms with Crippen molar-refractivity contribution >= 4 is 11.8 Å². The van der Waals surface area contributed by atoms with Gasteiger partial charge in [0.25, 0.3) is 0 Å². The number of anilines is 2. The van der Waals surface area contributed by atoms with Crippen LogP contribution in [0.15, 0.2) is 36.1 Å². The first-order valence-electron chi connectivity index (χ1n) is 13.6. The summed E-state index contributed by atoms with van der Waals surface area (Å²) in [7, 11) is 0. The van der Waals surface area contributed by atoms with E-state index in [2.05, 4.69) is 58.2 Å². The molecule has 5 heteroatoms. The second-order valence-electron chi connectivity index (χ2n) is 10.7. The van der Waals surface area contributed by atoms with Crippen LogP contribution in [-0.4, -0.2) is 47.2 Å². The minimum absolute atomic E-state index is 0.359. The molecule has 0 spiro atoms. The maximum atomic E-state index is 4.93. The first kappa shape index (κ1) is 24.3. The minimum Gasteiger partial charge on any atom is -0.356 e. The molecule has 0 radical (unpaired) electrons. The fourth-order valence-electron chi connectivity index (χ4n) is 5.53. The molecular formula is C28H45N5. The quantitative estimate of drug-likeness (QED) is 0.463. The van der Waals surface area contributed by atoms with Gasteiger partial charge < -0.3 is 10.2 Å². The summed E-state index contributed by atoms with van der Waals surface area (Å²) < 4.78 is 0. The van der Waals surface area contributed by atoms with Gasteiger partial charge in [-0.25, -0.2) is 4.98 Å². The van der Waals surface area contributed by atoms with Crippen molar-refractivity contribution in [3.05, 3.63) is 36.1 Å². The summed E-state index contributed by atoms with van der Waals surface area (Å²) in [5.74, 6) is 3.32.